The molecule has 1 heterocycles. The van der Waals surface area contributed by atoms with E-state index in [1.807, 2.05) is 26.2 Å². The van der Waals surface area contributed by atoms with Crippen LogP contribution in [0, 0.1) is 5.41 Å². The highest BCUT2D eigenvalue weighted by atomic mass is 32.1. The van der Waals surface area contributed by atoms with Crippen molar-refractivity contribution in [3.8, 4) is 0 Å². The van der Waals surface area contributed by atoms with Crippen LogP contribution in [-0.2, 0) is 4.79 Å². The Labute approximate surface area is 76.0 Å². The highest BCUT2D eigenvalue weighted by Gasteiger charge is 2.21. The van der Waals surface area contributed by atoms with Crippen molar-refractivity contribution in [1.82, 2.24) is 4.37 Å². The Kier molecular flexibility index (Phi) is 2.47. The minimum absolute atomic E-state index is 0.0164. The van der Waals surface area contributed by atoms with Crippen LogP contribution in [0.3, 0.4) is 0 Å². The molecule has 0 atom stereocenters. The predicted octanol–water partition coefficient (Wildman–Crippen LogP) is 2.13. The summed E-state index contributed by atoms with van der Waals surface area (Å²) in [7, 11) is 0. The van der Waals surface area contributed by atoms with Gasteiger partial charge in [0.1, 0.15) is 0 Å². The summed E-state index contributed by atoms with van der Waals surface area (Å²) in [6.07, 6.45) is 1.65. The minimum atomic E-state index is -0.345. The van der Waals surface area contributed by atoms with Gasteiger partial charge in [-0.15, -0.1) is 0 Å². The van der Waals surface area contributed by atoms with Crippen LogP contribution in [0.4, 0.5) is 5.69 Å². The van der Waals surface area contributed by atoms with E-state index in [0.717, 1.165) is 5.69 Å². The molecule has 0 radical (unpaired) electrons. The van der Waals surface area contributed by atoms with Crippen LogP contribution in [0.1, 0.15) is 20.8 Å². The first kappa shape index (κ1) is 9.19. The zero-order valence-corrected chi connectivity index (χ0v) is 8.23. The highest BCUT2D eigenvalue weighted by Crippen LogP contribution is 2.17. The lowest BCUT2D eigenvalue weighted by molar-refractivity contribution is -0.123. The van der Waals surface area contributed by atoms with E-state index >= 15 is 0 Å². The summed E-state index contributed by atoms with van der Waals surface area (Å²) < 4.78 is 3.88. The summed E-state index contributed by atoms with van der Waals surface area (Å²) >= 11 is 1.33. The summed E-state index contributed by atoms with van der Waals surface area (Å²) in [6.45, 7) is 5.63. The lowest BCUT2D eigenvalue weighted by Gasteiger charge is -2.16. The molecule has 0 fully saturated rings. The molecular weight excluding hydrogens is 172 g/mol. The molecule has 0 aliphatic carbocycles. The summed E-state index contributed by atoms with van der Waals surface area (Å²) in [4.78, 5) is 11.4. The van der Waals surface area contributed by atoms with Gasteiger partial charge in [0.15, 0.2) is 0 Å². The fraction of sp³-hybridized carbons (Fsp3) is 0.500. The summed E-state index contributed by atoms with van der Waals surface area (Å²) in [5, 5.41) is 4.58. The maximum absolute atomic E-state index is 11.4. The zero-order valence-electron chi connectivity index (χ0n) is 7.42. The summed E-state index contributed by atoms with van der Waals surface area (Å²) in [5.74, 6) is 0.0164. The molecule has 0 aromatic carbocycles. The Hall–Kier alpha value is -0.900. The topological polar surface area (TPSA) is 42.0 Å². The average molecular weight is 184 g/mol. The van der Waals surface area contributed by atoms with Crippen molar-refractivity contribution >= 4 is 23.1 Å². The third kappa shape index (κ3) is 2.30. The van der Waals surface area contributed by atoms with Crippen molar-refractivity contribution in [3.05, 3.63) is 11.6 Å². The van der Waals surface area contributed by atoms with Crippen molar-refractivity contribution in [2.45, 2.75) is 20.8 Å². The normalized spacial score (nSPS) is 11.2. The van der Waals surface area contributed by atoms with E-state index in [9.17, 15) is 4.79 Å². The van der Waals surface area contributed by atoms with Gasteiger partial charge in [-0.05, 0) is 11.5 Å². The Morgan fingerprint density at radius 2 is 2.25 bits per heavy atom. The zero-order chi connectivity index (χ0) is 9.19. The van der Waals surface area contributed by atoms with Gasteiger partial charge in [0.25, 0.3) is 0 Å². The Morgan fingerprint density at radius 1 is 1.58 bits per heavy atom. The van der Waals surface area contributed by atoms with Gasteiger partial charge >= 0.3 is 0 Å². The first-order chi connectivity index (χ1) is 5.50. The monoisotopic (exact) mass is 184 g/mol. The molecular formula is C8H12N2OS. The third-order valence-corrected chi connectivity index (χ3v) is 1.96. The molecule has 0 aliphatic rings. The van der Waals surface area contributed by atoms with Gasteiger partial charge in [0.2, 0.25) is 5.91 Å². The van der Waals surface area contributed by atoms with Crippen LogP contribution in [0.25, 0.3) is 0 Å². The first-order valence-electron chi connectivity index (χ1n) is 3.71. The van der Waals surface area contributed by atoms with Crippen LogP contribution in [0.15, 0.2) is 11.6 Å². The average Bonchev–Trinajstić information content (AvgIpc) is 2.37. The number of amides is 1. The second-order valence-electron chi connectivity index (χ2n) is 3.62. The standard InChI is InChI=1S/C8H12N2OS/c1-8(2,3)7(11)10-6-4-9-12-5-6/h4-5H,1-3H3,(H,10,11). The van der Waals surface area contributed by atoms with E-state index in [-0.39, 0.29) is 11.3 Å². The van der Waals surface area contributed by atoms with Crippen molar-refractivity contribution in [2.24, 2.45) is 5.41 Å². The van der Waals surface area contributed by atoms with Gasteiger partial charge in [0, 0.05) is 10.8 Å². The van der Waals surface area contributed by atoms with Crippen LogP contribution in [-0.4, -0.2) is 10.3 Å². The molecule has 1 rings (SSSR count). The summed E-state index contributed by atoms with van der Waals surface area (Å²) in [6, 6.07) is 0. The molecule has 0 aliphatic heterocycles. The molecule has 1 N–H and O–H groups in total. The van der Waals surface area contributed by atoms with Crippen LogP contribution >= 0.6 is 11.5 Å². The number of aromatic nitrogens is 1. The molecule has 0 saturated heterocycles. The van der Waals surface area contributed by atoms with Crippen molar-refractivity contribution in [3.63, 3.8) is 0 Å². The number of carbonyl (C=O) groups is 1. The molecule has 1 aromatic heterocycles. The van der Waals surface area contributed by atoms with Crippen LogP contribution in [0.5, 0.6) is 0 Å². The maximum Gasteiger partial charge on any atom is 0.229 e. The van der Waals surface area contributed by atoms with Gasteiger partial charge in [-0.1, -0.05) is 20.8 Å². The molecule has 0 saturated carbocycles. The van der Waals surface area contributed by atoms with Gasteiger partial charge in [-0.3, -0.25) is 4.79 Å². The second kappa shape index (κ2) is 3.23. The lowest BCUT2D eigenvalue weighted by atomic mass is 9.96. The quantitative estimate of drug-likeness (QED) is 0.726. The molecule has 0 bridgehead atoms. The van der Waals surface area contributed by atoms with Crippen molar-refractivity contribution in [1.29, 1.82) is 0 Å². The number of rotatable bonds is 1. The second-order valence-corrected chi connectivity index (χ2v) is 4.27. The van der Waals surface area contributed by atoms with Crippen LogP contribution in [0.2, 0.25) is 0 Å². The molecule has 0 spiro atoms. The SMILES string of the molecule is CC(C)(C)C(=O)Nc1cnsc1. The van der Waals surface area contributed by atoms with E-state index in [1.165, 1.54) is 11.5 Å². The molecule has 3 nitrogen and oxygen atoms in total. The number of anilines is 1. The number of hydrogen-bond acceptors (Lipinski definition) is 3. The molecule has 12 heavy (non-hydrogen) atoms. The molecule has 66 valence electrons. The number of nitrogens with zero attached hydrogens (tertiary/aromatic N) is 1. The van der Waals surface area contributed by atoms with Gasteiger partial charge < -0.3 is 5.32 Å². The van der Waals surface area contributed by atoms with Gasteiger partial charge in [0.05, 0.1) is 11.9 Å². The van der Waals surface area contributed by atoms with E-state index < -0.39 is 0 Å². The van der Waals surface area contributed by atoms with E-state index in [2.05, 4.69) is 9.69 Å². The third-order valence-electron chi connectivity index (χ3n) is 1.37. The molecule has 1 amide bonds. The van der Waals surface area contributed by atoms with E-state index in [4.69, 9.17) is 0 Å². The van der Waals surface area contributed by atoms with Gasteiger partial charge in [-0.2, -0.15) is 4.37 Å². The number of carbonyl (C=O) groups excluding carboxylic acids is 1. The number of nitrogens with one attached hydrogen (secondary N) is 1. The molecule has 1 aromatic rings. The van der Waals surface area contributed by atoms with E-state index in [1.54, 1.807) is 6.20 Å². The predicted molar refractivity (Wildman–Crippen MR) is 50.2 cm³/mol. The van der Waals surface area contributed by atoms with Crippen molar-refractivity contribution < 1.29 is 4.79 Å². The Balaban J connectivity index is 2.60. The largest absolute Gasteiger partial charge is 0.324 e. The molecule has 4 heteroatoms. The number of hydrogen-bond donors (Lipinski definition) is 1. The van der Waals surface area contributed by atoms with Crippen LogP contribution < -0.4 is 5.32 Å². The first-order valence-corrected chi connectivity index (χ1v) is 4.54. The fourth-order valence-corrected chi connectivity index (χ4v) is 1.05. The van der Waals surface area contributed by atoms with Gasteiger partial charge in [-0.25, -0.2) is 0 Å². The van der Waals surface area contributed by atoms with E-state index in [0.29, 0.717) is 0 Å². The van der Waals surface area contributed by atoms with Crippen molar-refractivity contribution in [2.75, 3.05) is 5.32 Å². The summed E-state index contributed by atoms with van der Waals surface area (Å²) in [5.41, 5.74) is 0.432. The smallest absolute Gasteiger partial charge is 0.229 e. The minimum Gasteiger partial charge on any atom is -0.324 e. The highest BCUT2D eigenvalue weighted by molar-refractivity contribution is 7.04. The Morgan fingerprint density at radius 3 is 2.67 bits per heavy atom. The maximum atomic E-state index is 11.4. The Bertz CT molecular complexity index is 261. The fourth-order valence-electron chi connectivity index (χ4n) is 0.585. The molecule has 0 unspecified atom stereocenters. The lowest BCUT2D eigenvalue weighted by Crippen LogP contribution is -2.27.